The summed E-state index contributed by atoms with van der Waals surface area (Å²) >= 11 is 1.11. The standard InChI is InChI=1S/C10H11NO3S2/c1-6(12)7-2-3-8-5-10(16(11,13)14)15-9(8)4-7/h2-6,12H,1H3,(H2,11,13,14). The summed E-state index contributed by atoms with van der Waals surface area (Å²) in [5.74, 6) is 0. The van der Waals surface area contributed by atoms with E-state index in [-0.39, 0.29) is 4.21 Å². The van der Waals surface area contributed by atoms with E-state index in [1.54, 1.807) is 31.2 Å². The van der Waals surface area contributed by atoms with E-state index in [0.717, 1.165) is 27.0 Å². The molecule has 0 radical (unpaired) electrons. The highest BCUT2D eigenvalue weighted by molar-refractivity contribution is 7.91. The van der Waals surface area contributed by atoms with Gasteiger partial charge in [-0.1, -0.05) is 12.1 Å². The van der Waals surface area contributed by atoms with Gasteiger partial charge in [0.05, 0.1) is 6.10 Å². The van der Waals surface area contributed by atoms with Crippen molar-refractivity contribution in [3.8, 4) is 0 Å². The Morgan fingerprint density at radius 3 is 2.62 bits per heavy atom. The second kappa shape index (κ2) is 3.81. The lowest BCUT2D eigenvalue weighted by Crippen LogP contribution is -2.09. The molecule has 86 valence electrons. The number of primary sulfonamides is 1. The van der Waals surface area contributed by atoms with Crippen LogP contribution < -0.4 is 5.14 Å². The van der Waals surface area contributed by atoms with Crippen molar-refractivity contribution in [2.45, 2.75) is 17.2 Å². The van der Waals surface area contributed by atoms with E-state index in [1.165, 1.54) is 0 Å². The topological polar surface area (TPSA) is 80.4 Å². The third-order valence-electron chi connectivity index (χ3n) is 2.28. The van der Waals surface area contributed by atoms with Crippen molar-refractivity contribution < 1.29 is 13.5 Å². The van der Waals surface area contributed by atoms with Crippen LogP contribution in [0.4, 0.5) is 0 Å². The summed E-state index contributed by atoms with van der Waals surface area (Å²) in [6.45, 7) is 1.66. The maximum Gasteiger partial charge on any atom is 0.247 e. The number of fused-ring (bicyclic) bond motifs is 1. The maximum atomic E-state index is 11.2. The largest absolute Gasteiger partial charge is 0.389 e. The molecule has 1 aromatic carbocycles. The number of sulfonamides is 1. The Kier molecular flexibility index (Phi) is 2.75. The molecule has 6 heteroatoms. The monoisotopic (exact) mass is 257 g/mol. The van der Waals surface area contributed by atoms with E-state index < -0.39 is 16.1 Å². The van der Waals surface area contributed by atoms with Crippen LogP contribution in [0, 0.1) is 0 Å². The van der Waals surface area contributed by atoms with Gasteiger partial charge in [-0.15, -0.1) is 11.3 Å². The van der Waals surface area contributed by atoms with Crippen molar-refractivity contribution in [2.24, 2.45) is 5.14 Å². The molecule has 0 aliphatic rings. The minimum absolute atomic E-state index is 0.144. The molecule has 0 saturated heterocycles. The fraction of sp³-hybridized carbons (Fsp3) is 0.200. The van der Waals surface area contributed by atoms with E-state index in [9.17, 15) is 13.5 Å². The Bertz CT molecular complexity index is 629. The van der Waals surface area contributed by atoms with Crippen LogP contribution in [0.3, 0.4) is 0 Å². The first-order valence-electron chi connectivity index (χ1n) is 4.62. The summed E-state index contributed by atoms with van der Waals surface area (Å²) in [4.78, 5) is 0. The van der Waals surface area contributed by atoms with Gasteiger partial charge in [-0.2, -0.15) is 0 Å². The fourth-order valence-electron chi connectivity index (χ4n) is 1.42. The third-order valence-corrected chi connectivity index (χ3v) is 4.80. The van der Waals surface area contributed by atoms with Gasteiger partial charge in [-0.3, -0.25) is 0 Å². The van der Waals surface area contributed by atoms with Gasteiger partial charge in [0.2, 0.25) is 10.0 Å². The molecule has 0 aliphatic heterocycles. The van der Waals surface area contributed by atoms with E-state index in [4.69, 9.17) is 5.14 Å². The minimum Gasteiger partial charge on any atom is -0.389 e. The van der Waals surface area contributed by atoms with E-state index >= 15 is 0 Å². The number of hydrogen-bond acceptors (Lipinski definition) is 4. The molecule has 0 spiro atoms. The molecule has 16 heavy (non-hydrogen) atoms. The average Bonchev–Trinajstić information content (AvgIpc) is 2.58. The third kappa shape index (κ3) is 2.10. The van der Waals surface area contributed by atoms with Crippen molar-refractivity contribution in [3.63, 3.8) is 0 Å². The highest BCUT2D eigenvalue weighted by atomic mass is 32.2. The van der Waals surface area contributed by atoms with E-state index in [1.807, 2.05) is 0 Å². The second-order valence-electron chi connectivity index (χ2n) is 3.58. The van der Waals surface area contributed by atoms with Gasteiger partial charge in [-0.05, 0) is 30.0 Å². The van der Waals surface area contributed by atoms with Gasteiger partial charge in [0.15, 0.2) is 0 Å². The molecule has 0 aliphatic carbocycles. The second-order valence-corrected chi connectivity index (χ2v) is 6.46. The number of benzene rings is 1. The van der Waals surface area contributed by atoms with Crippen molar-refractivity contribution >= 4 is 31.4 Å². The predicted molar refractivity (Wildman–Crippen MR) is 63.8 cm³/mol. The SMILES string of the molecule is CC(O)c1ccc2cc(S(N)(=O)=O)sc2c1. The lowest BCUT2D eigenvalue weighted by atomic mass is 10.1. The Labute approximate surface area is 97.4 Å². The van der Waals surface area contributed by atoms with Gasteiger partial charge >= 0.3 is 0 Å². The minimum atomic E-state index is -3.64. The first-order valence-corrected chi connectivity index (χ1v) is 6.98. The zero-order valence-electron chi connectivity index (χ0n) is 8.54. The molecule has 2 rings (SSSR count). The first-order chi connectivity index (χ1) is 7.38. The molecule has 1 atom stereocenters. The highest BCUT2D eigenvalue weighted by Gasteiger charge is 2.13. The molecule has 4 nitrogen and oxygen atoms in total. The molecular weight excluding hydrogens is 246 g/mol. The zero-order chi connectivity index (χ0) is 11.9. The summed E-state index contributed by atoms with van der Waals surface area (Å²) < 4.78 is 23.3. The highest BCUT2D eigenvalue weighted by Crippen LogP contribution is 2.30. The molecule has 0 bridgehead atoms. The van der Waals surface area contributed by atoms with Crippen LogP contribution >= 0.6 is 11.3 Å². The molecule has 2 aromatic rings. The van der Waals surface area contributed by atoms with Gasteiger partial charge in [0.1, 0.15) is 4.21 Å². The van der Waals surface area contributed by atoms with Crippen LogP contribution in [-0.4, -0.2) is 13.5 Å². The number of rotatable bonds is 2. The summed E-state index contributed by atoms with van der Waals surface area (Å²) in [6, 6.07) is 6.87. The van der Waals surface area contributed by atoms with Crippen molar-refractivity contribution in [1.29, 1.82) is 0 Å². The van der Waals surface area contributed by atoms with E-state index in [0.29, 0.717) is 0 Å². The van der Waals surface area contributed by atoms with Crippen LogP contribution in [0.1, 0.15) is 18.6 Å². The molecular formula is C10H11NO3S2. The fourth-order valence-corrected chi connectivity index (χ4v) is 3.29. The van der Waals surface area contributed by atoms with Gasteiger partial charge in [0.25, 0.3) is 0 Å². The summed E-state index contributed by atoms with van der Waals surface area (Å²) in [6.07, 6.45) is -0.565. The van der Waals surface area contributed by atoms with Crippen molar-refractivity contribution in [2.75, 3.05) is 0 Å². The van der Waals surface area contributed by atoms with E-state index in [2.05, 4.69) is 0 Å². The quantitative estimate of drug-likeness (QED) is 0.857. The molecule has 0 fully saturated rings. The Morgan fingerprint density at radius 2 is 2.06 bits per heavy atom. The lowest BCUT2D eigenvalue weighted by Gasteiger charge is -2.02. The molecule has 1 unspecified atom stereocenters. The van der Waals surface area contributed by atoms with Crippen LogP contribution in [0.2, 0.25) is 0 Å². The molecule has 0 amide bonds. The van der Waals surface area contributed by atoms with Crippen LogP contribution in [0.15, 0.2) is 28.5 Å². The van der Waals surface area contributed by atoms with Gasteiger partial charge in [-0.25, -0.2) is 13.6 Å². The predicted octanol–water partition coefficient (Wildman–Crippen LogP) is 1.60. The van der Waals surface area contributed by atoms with Crippen molar-refractivity contribution in [3.05, 3.63) is 29.8 Å². The number of nitrogens with two attached hydrogens (primary N) is 1. The van der Waals surface area contributed by atoms with Crippen LogP contribution in [-0.2, 0) is 10.0 Å². The number of thiophene rings is 1. The average molecular weight is 257 g/mol. The smallest absolute Gasteiger partial charge is 0.247 e. The number of aliphatic hydroxyl groups excluding tert-OH is 1. The van der Waals surface area contributed by atoms with Gasteiger partial charge < -0.3 is 5.11 Å². The first kappa shape index (κ1) is 11.5. The maximum absolute atomic E-state index is 11.2. The summed E-state index contributed by atoms with van der Waals surface area (Å²) in [5.41, 5.74) is 0.760. The number of hydrogen-bond donors (Lipinski definition) is 2. The molecule has 0 saturated carbocycles. The molecule has 3 N–H and O–H groups in total. The Morgan fingerprint density at radius 1 is 1.38 bits per heavy atom. The normalized spacial score (nSPS) is 14.2. The summed E-state index contributed by atoms with van der Waals surface area (Å²) in [7, 11) is -3.64. The Balaban J connectivity index is 2.63. The van der Waals surface area contributed by atoms with Crippen molar-refractivity contribution in [1.82, 2.24) is 0 Å². The zero-order valence-corrected chi connectivity index (χ0v) is 10.2. The van der Waals surface area contributed by atoms with Crippen LogP contribution in [0.25, 0.3) is 10.1 Å². The van der Waals surface area contributed by atoms with Gasteiger partial charge in [0, 0.05) is 4.70 Å². The summed E-state index contributed by atoms with van der Waals surface area (Å²) in [5, 5.41) is 15.3. The Hall–Kier alpha value is -0.950. The molecule has 1 heterocycles. The number of aliphatic hydroxyl groups is 1. The lowest BCUT2D eigenvalue weighted by molar-refractivity contribution is 0.199. The van der Waals surface area contributed by atoms with Crippen LogP contribution in [0.5, 0.6) is 0 Å². The molecule has 1 aromatic heterocycles.